The molecule has 0 aliphatic carbocycles. The van der Waals surface area contributed by atoms with E-state index in [0.29, 0.717) is 11.8 Å². The highest BCUT2D eigenvalue weighted by Gasteiger charge is 1.95. The maximum absolute atomic E-state index is 3.75. The largest absolute Gasteiger partial charge is 0.0999 e. The maximum Gasteiger partial charge on any atom is -0.0266 e. The number of hydrogen-bond acceptors (Lipinski definition) is 0. The Morgan fingerprint density at radius 3 is 0.667 bits per heavy atom. The molecule has 0 aromatic carbocycles. The molecule has 18 heavy (non-hydrogen) atoms. The summed E-state index contributed by atoms with van der Waals surface area (Å²) in [6.07, 6.45) is 0. The summed E-state index contributed by atoms with van der Waals surface area (Å²) in [6, 6.07) is 0. The summed E-state index contributed by atoms with van der Waals surface area (Å²) in [6.45, 7) is 29.1. The van der Waals surface area contributed by atoms with Gasteiger partial charge in [-0.3, -0.25) is 0 Å². The van der Waals surface area contributed by atoms with Crippen molar-refractivity contribution < 1.29 is 0 Å². The highest BCUT2D eigenvalue weighted by atomic mass is 14.0. The number of allylic oxidation sites excluding steroid dienone is 2. The van der Waals surface area contributed by atoms with Crippen molar-refractivity contribution in [3.63, 3.8) is 0 Å². The Bertz CT molecular complexity index is 180. The zero-order chi connectivity index (χ0) is 15.5. The minimum Gasteiger partial charge on any atom is -0.0999 e. The minimum atomic E-state index is 0.657. The van der Waals surface area contributed by atoms with E-state index in [4.69, 9.17) is 0 Å². The van der Waals surface area contributed by atoms with Gasteiger partial charge in [-0.2, -0.15) is 0 Å². The zero-order valence-electron chi connectivity index (χ0n) is 14.7. The Hall–Kier alpha value is -0.520. The Labute approximate surface area is 118 Å². The summed E-state index contributed by atoms with van der Waals surface area (Å²) in [5, 5.41) is 0. The van der Waals surface area contributed by atoms with Gasteiger partial charge in [-0.05, 0) is 37.5 Å². The molecule has 0 N–H and O–H groups in total. The first-order chi connectivity index (χ1) is 7.93. The molecule has 0 aliphatic heterocycles. The van der Waals surface area contributed by atoms with Crippen LogP contribution in [0.1, 0.15) is 69.2 Å². The molecule has 110 valence electrons. The summed E-state index contributed by atoms with van der Waals surface area (Å²) in [4.78, 5) is 0. The van der Waals surface area contributed by atoms with E-state index in [1.54, 1.807) is 0 Å². The monoisotopic (exact) mass is 254 g/mol. The van der Waals surface area contributed by atoms with Crippen LogP contribution in [0.3, 0.4) is 0 Å². The number of rotatable bonds is 3. The summed E-state index contributed by atoms with van der Waals surface area (Å²) < 4.78 is 0. The van der Waals surface area contributed by atoms with Crippen molar-refractivity contribution in [2.45, 2.75) is 69.2 Å². The number of hydrogen-bond donors (Lipinski definition) is 0. The standard InChI is InChI=1S/C6H14.2C6H12/c3*1-5(2)6(3)4/h5-6H,1-4H3;2*6H,1H2,2-4H3. The predicted molar refractivity (Wildman–Crippen MR) is 89.0 cm³/mol. The topological polar surface area (TPSA) is 0 Å². The molecule has 0 spiro atoms. The van der Waals surface area contributed by atoms with Crippen LogP contribution in [0.15, 0.2) is 24.3 Å². The Morgan fingerprint density at radius 1 is 0.556 bits per heavy atom. The fourth-order valence-corrected chi connectivity index (χ4v) is 0. The Balaban J connectivity index is -0.000000187. The quantitative estimate of drug-likeness (QED) is 0.489. The van der Waals surface area contributed by atoms with Gasteiger partial charge in [0.25, 0.3) is 0 Å². The van der Waals surface area contributed by atoms with Crippen LogP contribution in [0.2, 0.25) is 0 Å². The molecule has 0 nitrogen and oxygen atoms in total. The van der Waals surface area contributed by atoms with Gasteiger partial charge in [0, 0.05) is 0 Å². The lowest BCUT2D eigenvalue weighted by molar-refractivity contribution is 0.457. The third-order valence-electron chi connectivity index (χ3n) is 3.30. The third kappa shape index (κ3) is 24.6. The molecule has 0 fully saturated rings. The van der Waals surface area contributed by atoms with Crippen LogP contribution in [-0.2, 0) is 0 Å². The molecule has 0 radical (unpaired) electrons. The van der Waals surface area contributed by atoms with Gasteiger partial charge in [0.05, 0.1) is 0 Å². The van der Waals surface area contributed by atoms with E-state index in [0.717, 1.165) is 11.8 Å². The van der Waals surface area contributed by atoms with Crippen molar-refractivity contribution >= 4 is 0 Å². The van der Waals surface area contributed by atoms with E-state index < -0.39 is 0 Å². The van der Waals surface area contributed by atoms with Crippen molar-refractivity contribution in [2.75, 3.05) is 0 Å². The molecule has 0 aliphatic rings. The summed E-state index contributed by atoms with van der Waals surface area (Å²) in [7, 11) is 0. The normalized spacial score (nSPS) is 9.89. The zero-order valence-corrected chi connectivity index (χ0v) is 14.7. The van der Waals surface area contributed by atoms with Crippen molar-refractivity contribution in [1.82, 2.24) is 0 Å². The molecule has 0 heterocycles. The van der Waals surface area contributed by atoms with Crippen LogP contribution < -0.4 is 0 Å². The van der Waals surface area contributed by atoms with E-state index in [-0.39, 0.29) is 0 Å². The first kappa shape index (κ1) is 22.6. The second-order valence-corrected chi connectivity index (χ2v) is 6.49. The van der Waals surface area contributed by atoms with Gasteiger partial charge in [0.15, 0.2) is 0 Å². The van der Waals surface area contributed by atoms with Gasteiger partial charge in [-0.25, -0.2) is 0 Å². The molecule has 0 rings (SSSR count). The molecule has 0 amide bonds. The van der Waals surface area contributed by atoms with Gasteiger partial charge < -0.3 is 0 Å². The highest BCUT2D eigenvalue weighted by molar-refractivity contribution is 4.91. The molecule has 0 unspecified atom stereocenters. The van der Waals surface area contributed by atoms with Gasteiger partial charge in [0.2, 0.25) is 0 Å². The average molecular weight is 255 g/mol. The van der Waals surface area contributed by atoms with Gasteiger partial charge >= 0.3 is 0 Å². The SMILES string of the molecule is C=C(C)C(C)C.C=C(C)C(C)C.CC(C)C(C)C. The molecule has 0 atom stereocenters. The fourth-order valence-electron chi connectivity index (χ4n) is 0. The van der Waals surface area contributed by atoms with Crippen molar-refractivity contribution in [3.05, 3.63) is 24.3 Å². The van der Waals surface area contributed by atoms with Crippen molar-refractivity contribution in [3.8, 4) is 0 Å². The molecular weight excluding hydrogens is 216 g/mol. The van der Waals surface area contributed by atoms with E-state index >= 15 is 0 Å². The van der Waals surface area contributed by atoms with Gasteiger partial charge in [0.1, 0.15) is 0 Å². The van der Waals surface area contributed by atoms with Crippen LogP contribution in [0, 0.1) is 23.7 Å². The van der Waals surface area contributed by atoms with Crippen LogP contribution in [0.5, 0.6) is 0 Å². The predicted octanol–water partition coefficient (Wildman–Crippen LogP) is 6.74. The second kappa shape index (κ2) is 12.9. The second-order valence-electron chi connectivity index (χ2n) is 6.49. The molecule has 0 heteroatoms. The smallest absolute Gasteiger partial charge is 0.0266 e. The molecule has 0 bridgehead atoms. The Kier molecular flexibility index (Phi) is 16.3. The van der Waals surface area contributed by atoms with Crippen molar-refractivity contribution in [2.24, 2.45) is 23.7 Å². The van der Waals surface area contributed by atoms with E-state index in [2.05, 4.69) is 68.5 Å². The lowest BCUT2D eigenvalue weighted by Gasteiger charge is -2.05. The van der Waals surface area contributed by atoms with Crippen LogP contribution >= 0.6 is 0 Å². The lowest BCUT2D eigenvalue weighted by Crippen LogP contribution is -1.95. The third-order valence-corrected chi connectivity index (χ3v) is 3.30. The molecule has 0 aromatic heterocycles. The molecule has 0 aromatic rings. The first-order valence-corrected chi connectivity index (χ1v) is 7.24. The average Bonchev–Trinajstić information content (AvgIpc) is 2.18. The van der Waals surface area contributed by atoms with Crippen molar-refractivity contribution in [1.29, 1.82) is 0 Å². The minimum absolute atomic E-state index is 0.657. The molecular formula is C18H38. The molecule has 0 saturated carbocycles. The van der Waals surface area contributed by atoms with Gasteiger partial charge in [-0.15, -0.1) is 0 Å². The molecule has 0 saturated heterocycles. The Morgan fingerprint density at radius 2 is 0.667 bits per heavy atom. The summed E-state index contributed by atoms with van der Waals surface area (Å²) in [5.41, 5.74) is 2.52. The van der Waals surface area contributed by atoms with E-state index in [1.165, 1.54) is 11.1 Å². The van der Waals surface area contributed by atoms with Crippen LogP contribution in [0.25, 0.3) is 0 Å². The van der Waals surface area contributed by atoms with Gasteiger partial charge in [-0.1, -0.05) is 79.7 Å². The fraction of sp³-hybridized carbons (Fsp3) is 0.778. The van der Waals surface area contributed by atoms with E-state index in [1.807, 2.05) is 13.8 Å². The highest BCUT2D eigenvalue weighted by Crippen LogP contribution is 2.05. The maximum atomic E-state index is 3.75. The summed E-state index contributed by atoms with van der Waals surface area (Å²) in [5.74, 6) is 3.02. The van der Waals surface area contributed by atoms with Crippen LogP contribution in [-0.4, -0.2) is 0 Å². The van der Waals surface area contributed by atoms with E-state index in [9.17, 15) is 0 Å². The lowest BCUT2D eigenvalue weighted by atomic mass is 10.0. The first-order valence-electron chi connectivity index (χ1n) is 7.24. The summed E-state index contributed by atoms with van der Waals surface area (Å²) >= 11 is 0. The van der Waals surface area contributed by atoms with Crippen LogP contribution in [0.4, 0.5) is 0 Å².